The van der Waals surface area contributed by atoms with Gasteiger partial charge < -0.3 is 10.9 Å². The summed E-state index contributed by atoms with van der Waals surface area (Å²) in [7, 11) is 2.01. The number of oxime groups is 1. The second-order valence-electron chi connectivity index (χ2n) is 5.38. The van der Waals surface area contributed by atoms with Gasteiger partial charge >= 0.3 is 0 Å². The van der Waals surface area contributed by atoms with E-state index in [1.54, 1.807) is 0 Å². The second-order valence-corrected chi connectivity index (χ2v) is 5.38. The predicted octanol–water partition coefficient (Wildman–Crippen LogP) is 2.06. The Morgan fingerprint density at radius 1 is 1.50 bits per heavy atom. The first kappa shape index (κ1) is 16.5. The standard InChI is InChI=1S/C14H27N5O/c1-5-13(6-2)19-8-7-12(16-19)10-18(4)9-11(3)14(15)17-20/h7-8,11,13,20H,5-6,9-10H2,1-4H3,(H2,15,17). The van der Waals surface area contributed by atoms with E-state index in [2.05, 4.69) is 39.7 Å². The third kappa shape index (κ3) is 4.52. The van der Waals surface area contributed by atoms with Crippen LogP contribution in [0, 0.1) is 5.92 Å². The number of aromatic nitrogens is 2. The Bertz CT molecular complexity index is 425. The summed E-state index contributed by atoms with van der Waals surface area (Å²) in [6.07, 6.45) is 4.23. The van der Waals surface area contributed by atoms with E-state index >= 15 is 0 Å². The molecule has 1 atom stereocenters. The van der Waals surface area contributed by atoms with Crippen LogP contribution in [0.3, 0.4) is 0 Å². The van der Waals surface area contributed by atoms with Crippen molar-refractivity contribution in [3.63, 3.8) is 0 Å². The van der Waals surface area contributed by atoms with Gasteiger partial charge in [-0.2, -0.15) is 5.10 Å². The van der Waals surface area contributed by atoms with Crippen molar-refractivity contribution in [3.05, 3.63) is 18.0 Å². The van der Waals surface area contributed by atoms with Crippen molar-refractivity contribution in [2.45, 2.75) is 46.2 Å². The van der Waals surface area contributed by atoms with E-state index in [-0.39, 0.29) is 11.8 Å². The molecule has 0 radical (unpaired) electrons. The zero-order valence-corrected chi connectivity index (χ0v) is 13.0. The third-order valence-electron chi connectivity index (χ3n) is 3.62. The van der Waals surface area contributed by atoms with Crippen LogP contribution in [0.4, 0.5) is 0 Å². The molecule has 0 fully saturated rings. The molecule has 6 nitrogen and oxygen atoms in total. The van der Waals surface area contributed by atoms with Crippen molar-refractivity contribution < 1.29 is 5.21 Å². The van der Waals surface area contributed by atoms with E-state index in [9.17, 15) is 0 Å². The van der Waals surface area contributed by atoms with Crippen molar-refractivity contribution in [3.8, 4) is 0 Å². The first-order valence-corrected chi connectivity index (χ1v) is 7.21. The van der Waals surface area contributed by atoms with Crippen LogP contribution in [-0.4, -0.2) is 39.3 Å². The number of nitrogens with two attached hydrogens (primary N) is 1. The van der Waals surface area contributed by atoms with Gasteiger partial charge in [-0.3, -0.25) is 9.58 Å². The van der Waals surface area contributed by atoms with Crippen molar-refractivity contribution >= 4 is 5.84 Å². The molecule has 1 aromatic rings. The van der Waals surface area contributed by atoms with Gasteiger partial charge in [0.1, 0.15) is 5.84 Å². The van der Waals surface area contributed by atoms with Crippen LogP contribution < -0.4 is 5.73 Å². The van der Waals surface area contributed by atoms with Gasteiger partial charge in [-0.15, -0.1) is 0 Å². The highest BCUT2D eigenvalue weighted by atomic mass is 16.4. The number of nitrogens with zero attached hydrogens (tertiary/aromatic N) is 4. The van der Waals surface area contributed by atoms with Gasteiger partial charge in [0.2, 0.25) is 0 Å². The van der Waals surface area contributed by atoms with Crippen molar-refractivity contribution in [1.82, 2.24) is 14.7 Å². The lowest BCUT2D eigenvalue weighted by Crippen LogP contribution is -2.32. The smallest absolute Gasteiger partial charge is 0.143 e. The van der Waals surface area contributed by atoms with Gasteiger partial charge in [0.05, 0.1) is 11.7 Å². The lowest BCUT2D eigenvalue weighted by molar-refractivity contribution is 0.287. The van der Waals surface area contributed by atoms with E-state index in [0.29, 0.717) is 6.04 Å². The molecule has 1 aromatic heterocycles. The van der Waals surface area contributed by atoms with Gasteiger partial charge in [0.25, 0.3) is 0 Å². The largest absolute Gasteiger partial charge is 0.409 e. The molecule has 0 aliphatic carbocycles. The number of hydrogen-bond donors (Lipinski definition) is 2. The van der Waals surface area contributed by atoms with Crippen molar-refractivity contribution in [1.29, 1.82) is 0 Å². The lowest BCUT2D eigenvalue weighted by Gasteiger charge is -2.19. The fraction of sp³-hybridized carbons (Fsp3) is 0.714. The average Bonchev–Trinajstić information content (AvgIpc) is 2.87. The molecular formula is C14H27N5O. The minimum absolute atomic E-state index is 0.0196. The fourth-order valence-electron chi connectivity index (χ4n) is 2.33. The molecule has 1 rings (SSSR count). The maximum atomic E-state index is 8.66. The van der Waals surface area contributed by atoms with E-state index < -0.39 is 0 Å². The van der Waals surface area contributed by atoms with Gasteiger partial charge in [-0.25, -0.2) is 0 Å². The lowest BCUT2D eigenvalue weighted by atomic mass is 10.1. The highest BCUT2D eigenvalue weighted by molar-refractivity contribution is 5.82. The van der Waals surface area contributed by atoms with Crippen LogP contribution in [0.15, 0.2) is 17.4 Å². The third-order valence-corrected chi connectivity index (χ3v) is 3.62. The minimum atomic E-state index is 0.0196. The Labute approximate surface area is 121 Å². The SMILES string of the molecule is CCC(CC)n1ccc(CN(C)CC(C)C(N)=NO)n1. The summed E-state index contributed by atoms with van der Waals surface area (Å²) in [5.74, 6) is 0.283. The Morgan fingerprint density at radius 2 is 2.15 bits per heavy atom. The molecule has 114 valence electrons. The van der Waals surface area contributed by atoms with Crippen molar-refractivity contribution in [2.75, 3.05) is 13.6 Å². The van der Waals surface area contributed by atoms with Gasteiger partial charge in [-0.05, 0) is 26.0 Å². The normalized spacial score (nSPS) is 14.2. The van der Waals surface area contributed by atoms with Gasteiger partial charge in [-0.1, -0.05) is 25.9 Å². The predicted molar refractivity (Wildman–Crippen MR) is 80.8 cm³/mol. The summed E-state index contributed by atoms with van der Waals surface area (Å²) in [5.41, 5.74) is 6.64. The Hall–Kier alpha value is -1.56. The molecule has 0 aliphatic heterocycles. The minimum Gasteiger partial charge on any atom is -0.409 e. The first-order valence-electron chi connectivity index (χ1n) is 7.21. The van der Waals surface area contributed by atoms with Crippen molar-refractivity contribution in [2.24, 2.45) is 16.8 Å². The number of rotatable bonds is 8. The van der Waals surface area contributed by atoms with Crippen LogP contribution in [0.5, 0.6) is 0 Å². The Balaban J connectivity index is 2.56. The highest BCUT2D eigenvalue weighted by Crippen LogP contribution is 2.15. The van der Waals surface area contributed by atoms with E-state index in [1.807, 2.05) is 20.2 Å². The molecule has 1 heterocycles. The summed E-state index contributed by atoms with van der Waals surface area (Å²) in [5, 5.41) is 16.3. The average molecular weight is 281 g/mol. The summed E-state index contributed by atoms with van der Waals surface area (Å²) in [6, 6.07) is 2.54. The van der Waals surface area contributed by atoms with Gasteiger partial charge in [0.15, 0.2) is 0 Å². The molecule has 20 heavy (non-hydrogen) atoms. The summed E-state index contributed by atoms with van der Waals surface area (Å²) < 4.78 is 2.05. The van der Waals surface area contributed by atoms with Crippen LogP contribution in [0.1, 0.15) is 45.3 Å². The van der Waals surface area contributed by atoms with Crippen LogP contribution in [0.2, 0.25) is 0 Å². The molecule has 0 saturated heterocycles. The zero-order valence-electron chi connectivity index (χ0n) is 13.0. The number of amidine groups is 1. The topological polar surface area (TPSA) is 79.7 Å². The number of hydrogen-bond acceptors (Lipinski definition) is 4. The summed E-state index contributed by atoms with van der Waals surface area (Å²) in [6.45, 7) is 7.79. The maximum Gasteiger partial charge on any atom is 0.143 e. The molecule has 0 aromatic carbocycles. The second kappa shape index (κ2) is 7.89. The molecule has 1 unspecified atom stereocenters. The maximum absolute atomic E-state index is 8.66. The van der Waals surface area contributed by atoms with E-state index in [1.165, 1.54) is 0 Å². The molecule has 0 spiro atoms. The quantitative estimate of drug-likeness (QED) is 0.331. The molecule has 0 saturated carbocycles. The fourth-order valence-corrected chi connectivity index (χ4v) is 2.33. The van der Waals surface area contributed by atoms with E-state index in [4.69, 9.17) is 10.9 Å². The first-order chi connectivity index (χ1) is 9.51. The molecule has 6 heteroatoms. The highest BCUT2D eigenvalue weighted by Gasteiger charge is 2.13. The zero-order chi connectivity index (χ0) is 15.1. The van der Waals surface area contributed by atoms with Gasteiger partial charge in [0, 0.05) is 25.2 Å². The summed E-state index contributed by atoms with van der Waals surface area (Å²) in [4.78, 5) is 2.13. The van der Waals surface area contributed by atoms with E-state index in [0.717, 1.165) is 31.6 Å². The Kier molecular flexibility index (Phi) is 6.51. The molecule has 0 bridgehead atoms. The monoisotopic (exact) mass is 281 g/mol. The van der Waals surface area contributed by atoms with Crippen LogP contribution >= 0.6 is 0 Å². The molecule has 3 N–H and O–H groups in total. The van der Waals surface area contributed by atoms with Crippen LogP contribution in [-0.2, 0) is 6.54 Å². The molecular weight excluding hydrogens is 254 g/mol. The van der Waals surface area contributed by atoms with Crippen LogP contribution in [0.25, 0.3) is 0 Å². The summed E-state index contributed by atoms with van der Waals surface area (Å²) >= 11 is 0. The molecule has 0 aliphatic rings. The Morgan fingerprint density at radius 3 is 2.70 bits per heavy atom. The molecule has 0 amide bonds.